The fraction of sp³-hybridized carbons (Fsp3) is 0.929. The van der Waals surface area contributed by atoms with Crippen molar-refractivity contribution in [3.05, 3.63) is 11.6 Å². The second-order valence-corrected chi connectivity index (χ2v) is 20.3. The normalized spacial score (nSPS) is 53.2. The van der Waals surface area contributed by atoms with Gasteiger partial charge in [-0.05, 0) is 94.3 Å². The Morgan fingerprint density at radius 3 is 1.93 bits per heavy atom. The lowest BCUT2D eigenvalue weighted by Crippen LogP contribution is -2.64. The highest BCUT2D eigenvalue weighted by Crippen LogP contribution is 2.75. The van der Waals surface area contributed by atoms with Crippen molar-refractivity contribution in [2.45, 2.75) is 192 Å². The minimum Gasteiger partial charge on any atom is -0.394 e. The number of hydrogen-bond acceptors (Lipinski definition) is 14. The highest BCUT2D eigenvalue weighted by atomic mass is 16.7. The van der Waals surface area contributed by atoms with Crippen LogP contribution >= 0.6 is 0 Å². The van der Waals surface area contributed by atoms with Crippen LogP contribution in [0, 0.1) is 39.4 Å². The molecule has 3 aliphatic heterocycles. The summed E-state index contributed by atoms with van der Waals surface area (Å²) in [5.74, 6) is 0.469. The number of carbonyl (C=O) groups is 1. The fourth-order valence-corrected chi connectivity index (χ4v) is 13.1. The zero-order chi connectivity index (χ0) is 41.1. The van der Waals surface area contributed by atoms with Crippen molar-refractivity contribution in [2.75, 3.05) is 13.2 Å². The van der Waals surface area contributed by atoms with Gasteiger partial charge in [0.05, 0.1) is 36.6 Å². The molecular weight excluding hydrogens is 728 g/mol. The van der Waals surface area contributed by atoms with Crippen LogP contribution in [0.15, 0.2) is 11.6 Å². The van der Waals surface area contributed by atoms with Gasteiger partial charge in [-0.2, -0.15) is 0 Å². The average molecular weight is 797 g/mol. The highest BCUT2D eigenvalue weighted by molar-refractivity contribution is 5.88. The van der Waals surface area contributed by atoms with Gasteiger partial charge in [0.25, 0.3) is 0 Å². The van der Waals surface area contributed by atoms with Crippen molar-refractivity contribution in [3.8, 4) is 0 Å². The Kier molecular flexibility index (Phi) is 11.1. The minimum atomic E-state index is -1.54. The minimum absolute atomic E-state index is 0.00175. The molecule has 8 N–H and O–H groups in total. The van der Waals surface area contributed by atoms with Gasteiger partial charge in [0, 0.05) is 17.3 Å². The van der Waals surface area contributed by atoms with E-state index in [4.69, 9.17) is 23.7 Å². The molecule has 14 nitrogen and oxygen atoms in total. The number of ketones is 1. The quantitative estimate of drug-likeness (QED) is 0.163. The van der Waals surface area contributed by atoms with Crippen LogP contribution in [0.25, 0.3) is 0 Å². The van der Waals surface area contributed by atoms with Gasteiger partial charge in [0.1, 0.15) is 54.6 Å². The van der Waals surface area contributed by atoms with Gasteiger partial charge in [-0.3, -0.25) is 4.79 Å². The van der Waals surface area contributed by atoms with E-state index in [1.165, 1.54) is 5.57 Å². The van der Waals surface area contributed by atoms with Gasteiger partial charge in [-0.1, -0.05) is 46.3 Å². The lowest BCUT2D eigenvalue weighted by molar-refractivity contribution is -0.334. The van der Waals surface area contributed by atoms with Crippen molar-refractivity contribution in [2.24, 2.45) is 39.4 Å². The predicted octanol–water partition coefficient (Wildman–Crippen LogP) is 1.49. The van der Waals surface area contributed by atoms with Crippen LogP contribution in [0.4, 0.5) is 0 Å². The molecule has 0 aromatic rings. The molecule has 19 atom stereocenters. The van der Waals surface area contributed by atoms with Gasteiger partial charge in [-0.25, -0.2) is 0 Å². The van der Waals surface area contributed by atoms with E-state index in [0.717, 1.165) is 25.7 Å². The number of aliphatic hydroxyl groups is 8. The first kappa shape index (κ1) is 43.0. The Morgan fingerprint density at radius 2 is 1.32 bits per heavy atom. The Balaban J connectivity index is 1.09. The van der Waals surface area contributed by atoms with E-state index >= 15 is 0 Å². The van der Waals surface area contributed by atoms with Crippen LogP contribution in [0.5, 0.6) is 0 Å². The molecule has 56 heavy (non-hydrogen) atoms. The predicted molar refractivity (Wildman–Crippen MR) is 199 cm³/mol. The van der Waals surface area contributed by atoms with Crippen molar-refractivity contribution >= 4 is 5.78 Å². The molecule has 3 heterocycles. The molecule has 1 unspecified atom stereocenters. The molecule has 3 saturated heterocycles. The molecule has 0 spiro atoms. The molecular formula is C42H68O14. The van der Waals surface area contributed by atoms with Crippen molar-refractivity contribution < 1.29 is 69.3 Å². The second kappa shape index (κ2) is 14.5. The molecule has 7 aliphatic rings. The van der Waals surface area contributed by atoms with Crippen LogP contribution in [0.2, 0.25) is 0 Å². The molecule has 0 bridgehead atoms. The molecule has 4 aliphatic carbocycles. The number of ether oxygens (including phenoxy) is 5. The molecule has 14 heteroatoms. The monoisotopic (exact) mass is 796 g/mol. The molecule has 0 aromatic heterocycles. The maximum atomic E-state index is 15.0. The average Bonchev–Trinajstić information content (AvgIpc) is 3.68. The maximum absolute atomic E-state index is 15.0. The van der Waals surface area contributed by atoms with Gasteiger partial charge in [-0.15, -0.1) is 0 Å². The van der Waals surface area contributed by atoms with Gasteiger partial charge in [0.15, 0.2) is 12.6 Å². The Morgan fingerprint density at radius 1 is 0.732 bits per heavy atom. The zero-order valence-corrected chi connectivity index (χ0v) is 34.3. The SMILES string of the molecule is CC(C)(O[C@@H]1O[C@H](CO)[C@@H](O)[C@H](O)[C@H]1O)[C@@H]1CC[C@@](C)(C2CC[C@@]3(C)[C@@H]4CC=C5[C@@H](CC[C@H](O[C@@H]6O[C@H](CO)[C@@H](O)[C@H](O)[C@H]6O)C5(C)C)[C@]4(C)C(=O)C[C@]23C)O1. The van der Waals surface area contributed by atoms with E-state index in [1.807, 2.05) is 13.8 Å². The number of hydrogen-bond donors (Lipinski definition) is 8. The highest BCUT2D eigenvalue weighted by Gasteiger charge is 2.72. The summed E-state index contributed by atoms with van der Waals surface area (Å²) in [5.41, 5.74) is -1.98. The Hall–Kier alpha value is -1.11. The molecule has 6 fully saturated rings. The van der Waals surface area contributed by atoms with Gasteiger partial charge >= 0.3 is 0 Å². The summed E-state index contributed by atoms with van der Waals surface area (Å²) in [6.45, 7) is 15.9. The maximum Gasteiger partial charge on any atom is 0.187 e. The van der Waals surface area contributed by atoms with Crippen LogP contribution in [-0.2, 0) is 28.5 Å². The Labute approximate surface area is 330 Å². The van der Waals surface area contributed by atoms with Crippen LogP contribution in [0.1, 0.15) is 107 Å². The number of allylic oxidation sites excluding steroid dienone is 1. The second-order valence-electron chi connectivity index (χ2n) is 20.3. The first-order valence-corrected chi connectivity index (χ1v) is 20.9. The topological polar surface area (TPSA) is 225 Å². The summed E-state index contributed by atoms with van der Waals surface area (Å²) >= 11 is 0. The van der Waals surface area contributed by atoms with Crippen LogP contribution in [-0.4, -0.2) is 145 Å². The summed E-state index contributed by atoms with van der Waals surface area (Å²) in [7, 11) is 0. The first-order chi connectivity index (χ1) is 26.0. The summed E-state index contributed by atoms with van der Waals surface area (Å²) in [4.78, 5) is 15.0. The summed E-state index contributed by atoms with van der Waals surface area (Å²) in [6, 6.07) is 0. The fourth-order valence-electron chi connectivity index (χ4n) is 13.1. The van der Waals surface area contributed by atoms with E-state index in [2.05, 4.69) is 47.6 Å². The standard InChI is InChI=1S/C42H68O14/c1-37(2)20-9-11-25-39(5)15-13-24(41(7)16-14-28(55-41)38(3,4)56-36-34(51)32(49)30(47)23(19-44)53-36)40(39,6)17-26(45)42(25,8)21(20)10-12-27(37)54-35-33(50)31(48)29(46)22(18-43)52-35/h9,21-25,27-36,43-44,46-51H,10-19H2,1-8H3/t21-,22-,23-,24?,25+,27+,28+,29-,30-,31+,32+,33-,34-,35+,36+,39+,40-,41+,42+/m1/s1. The van der Waals surface area contributed by atoms with Crippen molar-refractivity contribution in [1.29, 1.82) is 0 Å². The third-order valence-corrected chi connectivity index (χ3v) is 16.8. The third-order valence-electron chi connectivity index (χ3n) is 16.8. The Bertz CT molecular complexity index is 1520. The molecule has 7 rings (SSSR count). The summed E-state index contributed by atoms with van der Waals surface area (Å²) in [5, 5.41) is 82.2. The van der Waals surface area contributed by atoms with Gasteiger partial charge < -0.3 is 64.5 Å². The van der Waals surface area contributed by atoms with Crippen molar-refractivity contribution in [3.63, 3.8) is 0 Å². The van der Waals surface area contributed by atoms with E-state index < -0.39 is 103 Å². The molecule has 3 saturated carbocycles. The lowest BCUT2D eigenvalue weighted by Gasteiger charge is -2.65. The zero-order valence-electron chi connectivity index (χ0n) is 34.3. The van der Waals surface area contributed by atoms with Crippen molar-refractivity contribution in [1.82, 2.24) is 0 Å². The van der Waals surface area contributed by atoms with Gasteiger partial charge in [0.2, 0.25) is 0 Å². The van der Waals surface area contributed by atoms with E-state index in [0.29, 0.717) is 25.7 Å². The third kappa shape index (κ3) is 6.25. The lowest BCUT2D eigenvalue weighted by atomic mass is 9.38. The van der Waals surface area contributed by atoms with E-state index in [-0.39, 0.29) is 40.5 Å². The van der Waals surface area contributed by atoms with Crippen LogP contribution in [0.3, 0.4) is 0 Å². The van der Waals surface area contributed by atoms with Crippen LogP contribution < -0.4 is 0 Å². The van der Waals surface area contributed by atoms with E-state index in [1.54, 1.807) is 0 Å². The number of rotatable bonds is 8. The largest absolute Gasteiger partial charge is 0.394 e. The molecule has 320 valence electrons. The number of carbonyl (C=O) groups excluding carboxylic acids is 1. The first-order valence-electron chi connectivity index (χ1n) is 20.9. The van der Waals surface area contributed by atoms with E-state index in [9.17, 15) is 45.6 Å². The molecule has 0 amide bonds. The number of fused-ring (bicyclic) bond motifs is 5. The summed E-state index contributed by atoms with van der Waals surface area (Å²) < 4.78 is 31.1. The summed E-state index contributed by atoms with van der Waals surface area (Å²) in [6.07, 6.45) is -6.34. The molecule has 0 radical (unpaired) electrons. The number of aliphatic hydroxyl groups excluding tert-OH is 8. The number of Topliss-reactive ketones (excluding diaryl/α,β-unsaturated/α-hetero) is 1. The molecule has 0 aromatic carbocycles. The smallest absolute Gasteiger partial charge is 0.187 e.